The molecule has 0 bridgehead atoms. The topological polar surface area (TPSA) is 51.2 Å². The number of benzene rings is 1. The van der Waals surface area contributed by atoms with Gasteiger partial charge in [-0.25, -0.2) is 12.8 Å². The monoisotopic (exact) mass is 322 g/mol. The van der Waals surface area contributed by atoms with E-state index in [0.29, 0.717) is 10.0 Å². The molecule has 3 nitrogen and oxygen atoms in total. The molecule has 17 heavy (non-hydrogen) atoms. The Labute approximate surface area is 108 Å². The molecule has 0 fully saturated rings. The van der Waals surface area contributed by atoms with E-state index in [1.165, 1.54) is 18.2 Å². The molecule has 0 aliphatic carbocycles. The van der Waals surface area contributed by atoms with E-state index in [-0.39, 0.29) is 24.4 Å². The van der Waals surface area contributed by atoms with Crippen molar-refractivity contribution in [3.05, 3.63) is 34.1 Å². The highest BCUT2D eigenvalue weighted by Crippen LogP contribution is 2.20. The van der Waals surface area contributed by atoms with Gasteiger partial charge in [0.05, 0.1) is 5.75 Å². The maximum absolute atomic E-state index is 12.8. The summed E-state index contributed by atoms with van der Waals surface area (Å²) in [6, 6.07) is 3.81. The van der Waals surface area contributed by atoms with Gasteiger partial charge in [0.25, 0.3) is 0 Å². The standard InChI is InChI=1S/C11H12BrFO3S/c1-17(15,16)6-2-3-11(14)9-5-4-8(13)7-10(9)12/h4-5,7H,2-3,6H2,1H3. The SMILES string of the molecule is CS(=O)(=O)CCCC(=O)c1ccc(F)cc1Br. The first-order chi connectivity index (χ1) is 7.79. The normalized spacial score (nSPS) is 11.5. The molecule has 1 aromatic rings. The first-order valence-corrected chi connectivity index (χ1v) is 7.81. The summed E-state index contributed by atoms with van der Waals surface area (Å²) in [4.78, 5) is 11.7. The fourth-order valence-electron chi connectivity index (χ4n) is 1.35. The predicted molar refractivity (Wildman–Crippen MR) is 67.4 cm³/mol. The van der Waals surface area contributed by atoms with Crippen molar-refractivity contribution >= 4 is 31.6 Å². The van der Waals surface area contributed by atoms with Gasteiger partial charge in [-0.05, 0) is 40.5 Å². The van der Waals surface area contributed by atoms with Crippen molar-refractivity contribution in [2.75, 3.05) is 12.0 Å². The van der Waals surface area contributed by atoms with Crippen molar-refractivity contribution in [2.24, 2.45) is 0 Å². The Bertz CT molecular complexity index is 526. The molecule has 0 N–H and O–H groups in total. The van der Waals surface area contributed by atoms with E-state index in [1.807, 2.05) is 0 Å². The third-order valence-corrected chi connectivity index (χ3v) is 3.84. The number of hydrogen-bond acceptors (Lipinski definition) is 3. The van der Waals surface area contributed by atoms with Gasteiger partial charge in [-0.3, -0.25) is 4.79 Å². The molecule has 0 spiro atoms. The average molecular weight is 323 g/mol. The molecule has 0 atom stereocenters. The van der Waals surface area contributed by atoms with Gasteiger partial charge in [-0.2, -0.15) is 0 Å². The van der Waals surface area contributed by atoms with Crippen molar-refractivity contribution in [3.8, 4) is 0 Å². The molecule has 0 aliphatic rings. The molecule has 0 unspecified atom stereocenters. The molecule has 0 radical (unpaired) electrons. The molecule has 0 heterocycles. The van der Waals surface area contributed by atoms with Crippen LogP contribution in [0.4, 0.5) is 4.39 Å². The first kappa shape index (κ1) is 14.3. The van der Waals surface area contributed by atoms with Crippen LogP contribution in [0.3, 0.4) is 0 Å². The van der Waals surface area contributed by atoms with Crippen LogP contribution in [0.1, 0.15) is 23.2 Å². The van der Waals surface area contributed by atoms with Crippen LogP contribution < -0.4 is 0 Å². The second-order valence-electron chi connectivity index (χ2n) is 3.78. The van der Waals surface area contributed by atoms with Crippen molar-refractivity contribution in [2.45, 2.75) is 12.8 Å². The lowest BCUT2D eigenvalue weighted by Crippen LogP contribution is -2.07. The van der Waals surface area contributed by atoms with Gasteiger partial charge >= 0.3 is 0 Å². The predicted octanol–water partition coefficient (Wildman–Crippen LogP) is 2.60. The molecular weight excluding hydrogens is 311 g/mol. The highest BCUT2D eigenvalue weighted by atomic mass is 79.9. The maximum Gasteiger partial charge on any atom is 0.164 e. The molecule has 0 saturated carbocycles. The van der Waals surface area contributed by atoms with Crippen molar-refractivity contribution in [3.63, 3.8) is 0 Å². The van der Waals surface area contributed by atoms with Crippen molar-refractivity contribution < 1.29 is 17.6 Å². The van der Waals surface area contributed by atoms with E-state index < -0.39 is 15.7 Å². The largest absolute Gasteiger partial charge is 0.294 e. The van der Waals surface area contributed by atoms with E-state index in [9.17, 15) is 17.6 Å². The van der Waals surface area contributed by atoms with Gasteiger partial charge in [0.1, 0.15) is 15.7 Å². The zero-order chi connectivity index (χ0) is 13.1. The Morgan fingerprint density at radius 2 is 2.06 bits per heavy atom. The third kappa shape index (κ3) is 4.95. The number of hydrogen-bond donors (Lipinski definition) is 0. The molecule has 1 rings (SSSR count). The fourth-order valence-corrected chi connectivity index (χ4v) is 2.59. The lowest BCUT2D eigenvalue weighted by atomic mass is 10.1. The molecule has 0 amide bonds. The Kier molecular flexibility index (Phi) is 4.82. The number of carbonyl (C=O) groups is 1. The summed E-state index contributed by atoms with van der Waals surface area (Å²) in [6.45, 7) is 0. The van der Waals surface area contributed by atoms with Crippen LogP contribution in [0.5, 0.6) is 0 Å². The lowest BCUT2D eigenvalue weighted by Gasteiger charge is -2.03. The van der Waals surface area contributed by atoms with E-state index in [4.69, 9.17) is 0 Å². The van der Waals surface area contributed by atoms with Crippen molar-refractivity contribution in [1.82, 2.24) is 0 Å². The smallest absolute Gasteiger partial charge is 0.164 e. The quantitative estimate of drug-likeness (QED) is 0.783. The Balaban J connectivity index is 2.65. The van der Waals surface area contributed by atoms with Crippen LogP contribution >= 0.6 is 15.9 Å². The summed E-state index contributed by atoms with van der Waals surface area (Å²) in [5, 5.41) is 0. The summed E-state index contributed by atoms with van der Waals surface area (Å²) in [7, 11) is -3.04. The van der Waals surface area contributed by atoms with Gasteiger partial charge in [0.2, 0.25) is 0 Å². The Morgan fingerprint density at radius 1 is 1.41 bits per heavy atom. The fraction of sp³-hybridized carbons (Fsp3) is 0.364. The average Bonchev–Trinajstić information content (AvgIpc) is 2.15. The van der Waals surface area contributed by atoms with Crippen LogP contribution in [0.15, 0.2) is 22.7 Å². The molecule has 0 saturated heterocycles. The number of halogens is 2. The molecule has 94 valence electrons. The van der Waals surface area contributed by atoms with Crippen LogP contribution in [0, 0.1) is 5.82 Å². The van der Waals surface area contributed by atoms with Gasteiger partial charge in [0, 0.05) is 22.7 Å². The van der Waals surface area contributed by atoms with Crippen LogP contribution in [0.25, 0.3) is 0 Å². The number of Topliss-reactive ketones (excluding diaryl/α,β-unsaturated/α-hetero) is 1. The summed E-state index contributed by atoms with van der Waals surface area (Å²) >= 11 is 3.10. The summed E-state index contributed by atoms with van der Waals surface area (Å²) < 4.78 is 35.0. The van der Waals surface area contributed by atoms with Crippen LogP contribution in [-0.2, 0) is 9.84 Å². The number of sulfone groups is 1. The van der Waals surface area contributed by atoms with Crippen molar-refractivity contribution in [1.29, 1.82) is 0 Å². The molecule has 0 aliphatic heterocycles. The van der Waals surface area contributed by atoms with Gasteiger partial charge in [-0.1, -0.05) is 0 Å². The Morgan fingerprint density at radius 3 is 2.59 bits per heavy atom. The van der Waals surface area contributed by atoms with Gasteiger partial charge in [0.15, 0.2) is 5.78 Å². The second-order valence-corrected chi connectivity index (χ2v) is 6.89. The van der Waals surface area contributed by atoms with E-state index in [0.717, 1.165) is 6.26 Å². The minimum absolute atomic E-state index is 0.0163. The second kappa shape index (κ2) is 5.73. The number of carbonyl (C=O) groups excluding carboxylic acids is 1. The minimum atomic E-state index is -3.04. The van der Waals surface area contributed by atoms with E-state index in [2.05, 4.69) is 15.9 Å². The maximum atomic E-state index is 12.8. The summed E-state index contributed by atoms with van der Waals surface area (Å²) in [5.74, 6) is -0.637. The van der Waals surface area contributed by atoms with Gasteiger partial charge in [-0.15, -0.1) is 0 Å². The Hall–Kier alpha value is -0.750. The molecular formula is C11H12BrFO3S. The van der Waals surface area contributed by atoms with Crippen LogP contribution in [-0.4, -0.2) is 26.2 Å². The zero-order valence-corrected chi connectivity index (χ0v) is 11.6. The summed E-state index contributed by atoms with van der Waals surface area (Å²) in [5.41, 5.74) is 0.375. The highest BCUT2D eigenvalue weighted by molar-refractivity contribution is 9.10. The zero-order valence-electron chi connectivity index (χ0n) is 9.24. The molecule has 1 aromatic carbocycles. The van der Waals surface area contributed by atoms with Crippen LogP contribution in [0.2, 0.25) is 0 Å². The number of rotatable bonds is 5. The molecule has 6 heteroatoms. The molecule has 0 aromatic heterocycles. The van der Waals surface area contributed by atoms with E-state index in [1.54, 1.807) is 0 Å². The highest BCUT2D eigenvalue weighted by Gasteiger charge is 2.12. The van der Waals surface area contributed by atoms with Gasteiger partial charge < -0.3 is 0 Å². The first-order valence-electron chi connectivity index (χ1n) is 4.95. The lowest BCUT2D eigenvalue weighted by molar-refractivity contribution is 0.0981. The minimum Gasteiger partial charge on any atom is -0.294 e. The number of ketones is 1. The summed E-state index contributed by atoms with van der Waals surface area (Å²) in [6.07, 6.45) is 1.55. The van der Waals surface area contributed by atoms with E-state index >= 15 is 0 Å². The third-order valence-electron chi connectivity index (χ3n) is 2.15.